The van der Waals surface area contributed by atoms with E-state index in [4.69, 9.17) is 5.73 Å². The molecular weight excluding hydrogens is 254 g/mol. The first-order valence-electron chi connectivity index (χ1n) is 4.08. The predicted molar refractivity (Wildman–Crippen MR) is 63.4 cm³/mol. The summed E-state index contributed by atoms with van der Waals surface area (Å²) >= 11 is 1.12. The Morgan fingerprint density at radius 2 is 1.69 bits per heavy atom. The van der Waals surface area contributed by atoms with Crippen molar-refractivity contribution >= 4 is 41.4 Å². The molecule has 0 spiro atoms. The van der Waals surface area contributed by atoms with E-state index in [1.807, 2.05) is 0 Å². The molecule has 0 aliphatic rings. The Kier molecular flexibility index (Phi) is 5.26. The molecule has 0 aromatic carbocycles. The number of aryl methyl sites for hydroxylation is 1. The van der Waals surface area contributed by atoms with Gasteiger partial charge in [0, 0.05) is 4.88 Å². The monoisotopic (exact) mass is 265 g/mol. The van der Waals surface area contributed by atoms with Gasteiger partial charge in [-0.3, -0.25) is 0 Å². The van der Waals surface area contributed by atoms with Crippen LogP contribution in [0.4, 0.5) is 5.69 Å². The lowest BCUT2D eigenvalue weighted by Crippen LogP contribution is -2.10. The van der Waals surface area contributed by atoms with Crippen LogP contribution in [-0.4, -0.2) is 26.2 Å². The van der Waals surface area contributed by atoms with Gasteiger partial charge in [0.1, 0.15) is 10.4 Å². The van der Waals surface area contributed by atoms with Crippen molar-refractivity contribution in [2.45, 2.75) is 6.92 Å². The lowest BCUT2D eigenvalue weighted by atomic mass is 10.2. The molecule has 0 aliphatic carbocycles. The van der Waals surface area contributed by atoms with Crippen LogP contribution in [0.5, 0.6) is 0 Å². The third-order valence-electron chi connectivity index (χ3n) is 1.89. The summed E-state index contributed by atoms with van der Waals surface area (Å²) in [5.74, 6) is -1.21. The highest BCUT2D eigenvalue weighted by Gasteiger charge is 2.25. The number of carbonyl (C=O) groups excluding carboxylic acids is 2. The molecule has 16 heavy (non-hydrogen) atoms. The van der Waals surface area contributed by atoms with Crippen molar-refractivity contribution in [3.63, 3.8) is 0 Å². The van der Waals surface area contributed by atoms with E-state index in [2.05, 4.69) is 9.47 Å². The minimum Gasteiger partial charge on any atom is -0.465 e. The first-order chi connectivity index (χ1) is 7.02. The van der Waals surface area contributed by atoms with E-state index in [-0.39, 0.29) is 28.5 Å². The van der Waals surface area contributed by atoms with Gasteiger partial charge in [-0.15, -0.1) is 23.7 Å². The van der Waals surface area contributed by atoms with E-state index in [1.165, 1.54) is 14.2 Å². The molecule has 0 aliphatic heterocycles. The summed E-state index contributed by atoms with van der Waals surface area (Å²) in [6.07, 6.45) is 0. The van der Waals surface area contributed by atoms with E-state index < -0.39 is 11.9 Å². The zero-order valence-electron chi connectivity index (χ0n) is 9.03. The van der Waals surface area contributed by atoms with Gasteiger partial charge in [0.15, 0.2) is 0 Å². The van der Waals surface area contributed by atoms with Crippen molar-refractivity contribution < 1.29 is 19.1 Å². The van der Waals surface area contributed by atoms with E-state index in [1.54, 1.807) is 6.92 Å². The number of anilines is 1. The minimum atomic E-state index is -0.628. The topological polar surface area (TPSA) is 78.6 Å². The average Bonchev–Trinajstić information content (AvgIpc) is 2.53. The number of ether oxygens (including phenoxy) is 2. The van der Waals surface area contributed by atoms with Crippen molar-refractivity contribution in [3.05, 3.63) is 15.3 Å². The van der Waals surface area contributed by atoms with E-state index in [0.29, 0.717) is 4.88 Å². The lowest BCUT2D eigenvalue weighted by Gasteiger charge is -2.01. The second-order valence-electron chi connectivity index (χ2n) is 2.76. The first-order valence-corrected chi connectivity index (χ1v) is 4.90. The van der Waals surface area contributed by atoms with Crippen molar-refractivity contribution in [1.29, 1.82) is 0 Å². The van der Waals surface area contributed by atoms with Crippen molar-refractivity contribution in [2.24, 2.45) is 0 Å². The fourth-order valence-electron chi connectivity index (χ4n) is 1.10. The summed E-state index contributed by atoms with van der Waals surface area (Å²) in [5.41, 5.74) is 6.03. The predicted octanol–water partition coefficient (Wildman–Crippen LogP) is 1.63. The number of carbonyl (C=O) groups is 2. The summed E-state index contributed by atoms with van der Waals surface area (Å²) in [4.78, 5) is 23.6. The summed E-state index contributed by atoms with van der Waals surface area (Å²) < 4.78 is 9.09. The molecule has 2 N–H and O–H groups in total. The van der Waals surface area contributed by atoms with Gasteiger partial charge in [0.2, 0.25) is 0 Å². The number of nitrogens with two attached hydrogens (primary N) is 1. The van der Waals surface area contributed by atoms with Gasteiger partial charge in [-0.05, 0) is 6.92 Å². The summed E-state index contributed by atoms with van der Waals surface area (Å²) in [6, 6.07) is 0. The SMILES string of the molecule is COC(=O)c1sc(C)c(N)c1C(=O)OC.Cl. The lowest BCUT2D eigenvalue weighted by molar-refractivity contribution is 0.0561. The second kappa shape index (κ2) is 5.72. The Morgan fingerprint density at radius 1 is 1.19 bits per heavy atom. The van der Waals surface area contributed by atoms with Crippen LogP contribution in [0.25, 0.3) is 0 Å². The molecule has 0 atom stereocenters. The van der Waals surface area contributed by atoms with Gasteiger partial charge >= 0.3 is 11.9 Å². The molecule has 0 fully saturated rings. The van der Waals surface area contributed by atoms with Crippen LogP contribution >= 0.6 is 23.7 Å². The maximum atomic E-state index is 11.4. The Hall–Kier alpha value is -1.27. The van der Waals surface area contributed by atoms with E-state index >= 15 is 0 Å². The maximum Gasteiger partial charge on any atom is 0.349 e. The molecule has 1 aromatic heterocycles. The van der Waals surface area contributed by atoms with Crippen LogP contribution in [0.3, 0.4) is 0 Å². The van der Waals surface area contributed by atoms with Gasteiger partial charge < -0.3 is 15.2 Å². The first kappa shape index (κ1) is 14.7. The van der Waals surface area contributed by atoms with E-state index in [0.717, 1.165) is 11.3 Å². The zero-order valence-corrected chi connectivity index (χ0v) is 10.7. The number of esters is 2. The molecule has 0 unspecified atom stereocenters. The molecule has 1 heterocycles. The van der Waals surface area contributed by atoms with Crippen molar-refractivity contribution in [2.75, 3.05) is 20.0 Å². The third kappa shape index (κ3) is 2.45. The highest BCUT2D eigenvalue weighted by Crippen LogP contribution is 2.31. The molecule has 0 saturated heterocycles. The molecule has 0 radical (unpaired) electrons. The van der Waals surface area contributed by atoms with Crippen LogP contribution in [-0.2, 0) is 9.47 Å². The Bertz CT molecular complexity index is 416. The number of nitrogen functional groups attached to an aromatic ring is 1. The number of halogens is 1. The maximum absolute atomic E-state index is 11.4. The van der Waals surface area contributed by atoms with E-state index in [9.17, 15) is 9.59 Å². The molecular formula is C9H12ClNO4S. The quantitative estimate of drug-likeness (QED) is 0.823. The third-order valence-corrected chi connectivity index (χ3v) is 2.99. The highest BCUT2D eigenvalue weighted by atomic mass is 35.5. The highest BCUT2D eigenvalue weighted by molar-refractivity contribution is 7.15. The second-order valence-corrected chi connectivity index (χ2v) is 3.98. The zero-order chi connectivity index (χ0) is 11.6. The molecule has 0 amide bonds. The molecule has 0 saturated carbocycles. The fourth-order valence-corrected chi connectivity index (χ4v) is 2.08. The fraction of sp³-hybridized carbons (Fsp3) is 0.333. The number of rotatable bonds is 2. The van der Waals surface area contributed by atoms with Crippen molar-refractivity contribution in [3.8, 4) is 0 Å². The van der Waals surface area contributed by atoms with Gasteiger partial charge in [0.05, 0.1) is 19.9 Å². The van der Waals surface area contributed by atoms with Gasteiger partial charge in [0.25, 0.3) is 0 Å². The molecule has 5 nitrogen and oxygen atoms in total. The van der Waals surface area contributed by atoms with Crippen molar-refractivity contribution in [1.82, 2.24) is 0 Å². The normalized spacial score (nSPS) is 9.19. The largest absolute Gasteiger partial charge is 0.465 e. The molecule has 0 bridgehead atoms. The van der Waals surface area contributed by atoms with Gasteiger partial charge in [-0.25, -0.2) is 9.59 Å². The molecule has 1 aromatic rings. The number of thiophene rings is 1. The number of methoxy groups -OCH3 is 2. The number of hydrogen-bond acceptors (Lipinski definition) is 6. The van der Waals surface area contributed by atoms with Crippen LogP contribution < -0.4 is 5.73 Å². The van der Waals surface area contributed by atoms with Crippen LogP contribution in [0.2, 0.25) is 0 Å². The summed E-state index contributed by atoms with van der Waals surface area (Å²) in [7, 11) is 2.48. The smallest absolute Gasteiger partial charge is 0.349 e. The Balaban J connectivity index is 0.00000225. The molecule has 1 rings (SSSR count). The van der Waals surface area contributed by atoms with Crippen LogP contribution in [0.15, 0.2) is 0 Å². The minimum absolute atomic E-state index is 0. The molecule has 7 heteroatoms. The molecule has 90 valence electrons. The number of hydrogen-bond donors (Lipinski definition) is 1. The van der Waals surface area contributed by atoms with Gasteiger partial charge in [-0.1, -0.05) is 0 Å². The Labute approximate surface area is 103 Å². The van der Waals surface area contributed by atoms with Crippen LogP contribution in [0, 0.1) is 6.92 Å². The average molecular weight is 266 g/mol. The summed E-state index contributed by atoms with van der Waals surface area (Å²) in [6.45, 7) is 1.72. The summed E-state index contributed by atoms with van der Waals surface area (Å²) in [5, 5.41) is 0. The van der Waals surface area contributed by atoms with Gasteiger partial charge in [-0.2, -0.15) is 0 Å². The Morgan fingerprint density at radius 3 is 2.12 bits per heavy atom. The van der Waals surface area contributed by atoms with Crippen LogP contribution in [0.1, 0.15) is 24.9 Å². The standard InChI is InChI=1S/C9H11NO4S.ClH/c1-4-6(10)5(8(11)13-2)7(15-4)9(12)14-3;/h10H2,1-3H3;1H.